The smallest absolute Gasteiger partial charge is 0.408 e. The highest BCUT2D eigenvalue weighted by atomic mass is 16.6. The summed E-state index contributed by atoms with van der Waals surface area (Å²) in [4.78, 5) is 50.2. The molecule has 1 unspecified atom stereocenters. The first-order valence-corrected chi connectivity index (χ1v) is 12.7. The van der Waals surface area contributed by atoms with Gasteiger partial charge in [0.1, 0.15) is 35.0 Å². The fourth-order valence-electron chi connectivity index (χ4n) is 3.81. The first kappa shape index (κ1) is 28.9. The van der Waals surface area contributed by atoms with Crippen LogP contribution in [0.25, 0.3) is 11.0 Å². The maximum atomic E-state index is 13.1. The van der Waals surface area contributed by atoms with Crippen LogP contribution in [0.15, 0.2) is 88.3 Å². The summed E-state index contributed by atoms with van der Waals surface area (Å²) in [7, 11) is 1.28. The van der Waals surface area contributed by atoms with Gasteiger partial charge in [-0.3, -0.25) is 4.79 Å². The summed E-state index contributed by atoms with van der Waals surface area (Å²) in [5.41, 5.74) is 0.0985. The summed E-state index contributed by atoms with van der Waals surface area (Å²) >= 11 is 0. The van der Waals surface area contributed by atoms with Gasteiger partial charge in [-0.2, -0.15) is 0 Å². The number of carbonyl (C=O) groups excluding carboxylic acids is 3. The zero-order valence-corrected chi connectivity index (χ0v) is 23.0. The van der Waals surface area contributed by atoms with Crippen molar-refractivity contribution in [3.05, 3.63) is 100 Å². The van der Waals surface area contributed by atoms with E-state index in [0.717, 1.165) is 11.8 Å². The number of hydrogen-bond donors (Lipinski definition) is 1. The van der Waals surface area contributed by atoms with Crippen molar-refractivity contribution >= 4 is 29.0 Å². The molecule has 0 aliphatic rings. The minimum Gasteiger partial charge on any atom is -0.465 e. The maximum absolute atomic E-state index is 13.1. The van der Waals surface area contributed by atoms with Gasteiger partial charge in [-0.05, 0) is 62.7 Å². The van der Waals surface area contributed by atoms with Crippen LogP contribution in [-0.4, -0.2) is 36.8 Å². The van der Waals surface area contributed by atoms with Crippen molar-refractivity contribution in [2.75, 3.05) is 7.11 Å². The van der Waals surface area contributed by atoms with E-state index in [1.54, 1.807) is 20.8 Å². The van der Waals surface area contributed by atoms with Gasteiger partial charge < -0.3 is 28.7 Å². The molecule has 1 aromatic heterocycles. The molecule has 0 bridgehead atoms. The van der Waals surface area contributed by atoms with E-state index in [0.29, 0.717) is 11.3 Å². The average Bonchev–Trinajstić information content (AvgIpc) is 2.93. The molecule has 3 aromatic carbocycles. The third-order valence-electron chi connectivity index (χ3n) is 5.69. The second kappa shape index (κ2) is 12.4. The van der Waals surface area contributed by atoms with Crippen LogP contribution in [-0.2, 0) is 20.7 Å². The predicted octanol–water partition coefficient (Wildman–Crippen LogP) is 5.41. The number of benzene rings is 3. The summed E-state index contributed by atoms with van der Waals surface area (Å²) in [5, 5.41) is 2.78. The Hall–Kier alpha value is -5.12. The van der Waals surface area contributed by atoms with E-state index in [1.165, 1.54) is 49.6 Å². The molecule has 212 valence electrons. The van der Waals surface area contributed by atoms with Gasteiger partial charge in [-0.15, -0.1) is 0 Å². The van der Waals surface area contributed by atoms with Gasteiger partial charge in [0.05, 0.1) is 18.1 Å². The highest BCUT2D eigenvalue weighted by Crippen LogP contribution is 2.25. The maximum Gasteiger partial charge on any atom is 0.408 e. The van der Waals surface area contributed by atoms with Crippen LogP contribution >= 0.6 is 0 Å². The van der Waals surface area contributed by atoms with Gasteiger partial charge in [-0.25, -0.2) is 14.4 Å². The molecule has 1 heterocycles. The number of carbonyl (C=O) groups is 3. The molecule has 0 saturated carbocycles. The molecule has 4 aromatic rings. The number of alkyl carbamates (subject to hydrolysis) is 1. The number of hydrogen-bond acceptors (Lipinski definition) is 9. The van der Waals surface area contributed by atoms with Crippen molar-refractivity contribution in [1.29, 1.82) is 0 Å². The lowest BCUT2D eigenvalue weighted by molar-refractivity contribution is -0.136. The molecular formula is C31H29NO9. The summed E-state index contributed by atoms with van der Waals surface area (Å²) in [6, 6.07) is 18.5. The quantitative estimate of drug-likeness (QED) is 0.222. The minimum absolute atomic E-state index is 0.0717. The van der Waals surface area contributed by atoms with Crippen molar-refractivity contribution in [2.45, 2.75) is 38.8 Å². The second-order valence-electron chi connectivity index (χ2n) is 10.0. The molecule has 10 nitrogen and oxygen atoms in total. The Labute approximate surface area is 235 Å². The molecule has 0 saturated heterocycles. The van der Waals surface area contributed by atoms with Gasteiger partial charge >= 0.3 is 18.0 Å². The molecule has 0 fully saturated rings. The number of methoxy groups -OCH3 is 1. The molecule has 0 radical (unpaired) electrons. The summed E-state index contributed by atoms with van der Waals surface area (Å²) in [5.74, 6) is -0.863. The third kappa shape index (κ3) is 7.72. The lowest BCUT2D eigenvalue weighted by Crippen LogP contribution is -2.46. The first-order chi connectivity index (χ1) is 19.5. The van der Waals surface area contributed by atoms with Gasteiger partial charge in [0.15, 0.2) is 0 Å². The van der Waals surface area contributed by atoms with Crippen LogP contribution in [0.5, 0.6) is 17.2 Å². The molecule has 4 rings (SSSR count). The lowest BCUT2D eigenvalue weighted by Gasteiger charge is -2.23. The zero-order chi connectivity index (χ0) is 29.6. The Balaban J connectivity index is 1.51. The van der Waals surface area contributed by atoms with Crippen LogP contribution in [0.2, 0.25) is 0 Å². The van der Waals surface area contributed by atoms with Crippen LogP contribution in [0.1, 0.15) is 36.7 Å². The lowest BCUT2D eigenvalue weighted by atomic mass is 10.1. The first-order valence-electron chi connectivity index (χ1n) is 12.7. The second-order valence-corrected chi connectivity index (χ2v) is 10.0. The van der Waals surface area contributed by atoms with E-state index in [1.807, 2.05) is 30.3 Å². The molecule has 1 N–H and O–H groups in total. The number of ether oxygens (including phenoxy) is 4. The van der Waals surface area contributed by atoms with Crippen LogP contribution in [0.4, 0.5) is 4.79 Å². The Bertz CT molecular complexity index is 1600. The van der Waals surface area contributed by atoms with Crippen molar-refractivity contribution in [1.82, 2.24) is 5.32 Å². The van der Waals surface area contributed by atoms with E-state index < -0.39 is 35.1 Å². The Morgan fingerprint density at radius 1 is 0.927 bits per heavy atom. The number of nitrogens with one attached hydrogen (secondary N) is 1. The van der Waals surface area contributed by atoms with Crippen LogP contribution < -0.4 is 20.2 Å². The van der Waals surface area contributed by atoms with Gasteiger partial charge in [0.2, 0.25) is 11.2 Å². The third-order valence-corrected chi connectivity index (χ3v) is 5.69. The largest absolute Gasteiger partial charge is 0.465 e. The zero-order valence-electron chi connectivity index (χ0n) is 23.0. The standard InChI is InChI=1S/C31H29NO9/c1-31(2,3)41-30(36)32-24(16-19-8-6-5-7-9-19)29(35)40-22-14-15-23-25(17-22)38-18-26(27(23)33)39-21-12-10-20(11-13-21)28(34)37-4/h5-15,17-18,24H,16H2,1-4H3,(H,32,36). The van der Waals surface area contributed by atoms with E-state index in [9.17, 15) is 19.2 Å². The fourth-order valence-corrected chi connectivity index (χ4v) is 3.81. The van der Waals surface area contributed by atoms with Gasteiger partial charge in [0, 0.05) is 12.5 Å². The monoisotopic (exact) mass is 559 g/mol. The summed E-state index contributed by atoms with van der Waals surface area (Å²) in [6.45, 7) is 5.16. The Kier molecular flexibility index (Phi) is 8.72. The Morgan fingerprint density at radius 3 is 2.27 bits per heavy atom. The van der Waals surface area contributed by atoms with Crippen molar-refractivity contribution in [3.8, 4) is 17.2 Å². The average molecular weight is 560 g/mol. The van der Waals surface area contributed by atoms with Crippen molar-refractivity contribution < 1.29 is 37.7 Å². The Morgan fingerprint density at radius 2 is 1.61 bits per heavy atom. The van der Waals surface area contributed by atoms with E-state index in [2.05, 4.69) is 10.1 Å². The molecule has 41 heavy (non-hydrogen) atoms. The molecule has 0 spiro atoms. The summed E-state index contributed by atoms with van der Waals surface area (Å²) in [6.07, 6.45) is 0.558. The topological polar surface area (TPSA) is 130 Å². The van der Waals surface area contributed by atoms with E-state index in [4.69, 9.17) is 18.6 Å². The molecule has 10 heteroatoms. The molecule has 0 aliphatic heterocycles. The predicted molar refractivity (Wildman–Crippen MR) is 149 cm³/mol. The van der Waals surface area contributed by atoms with Crippen molar-refractivity contribution in [2.24, 2.45) is 0 Å². The van der Waals surface area contributed by atoms with Crippen LogP contribution in [0.3, 0.4) is 0 Å². The van der Waals surface area contributed by atoms with E-state index >= 15 is 0 Å². The van der Waals surface area contributed by atoms with Crippen LogP contribution in [0, 0.1) is 0 Å². The number of rotatable bonds is 8. The van der Waals surface area contributed by atoms with Crippen molar-refractivity contribution in [3.63, 3.8) is 0 Å². The van der Waals surface area contributed by atoms with E-state index in [-0.39, 0.29) is 28.9 Å². The number of esters is 2. The van der Waals surface area contributed by atoms with Gasteiger partial charge in [0.25, 0.3) is 0 Å². The van der Waals surface area contributed by atoms with Gasteiger partial charge in [-0.1, -0.05) is 30.3 Å². The highest BCUT2D eigenvalue weighted by Gasteiger charge is 2.26. The number of fused-ring (bicyclic) bond motifs is 1. The number of amides is 1. The molecular weight excluding hydrogens is 530 g/mol. The normalized spacial score (nSPS) is 11.8. The summed E-state index contributed by atoms with van der Waals surface area (Å²) < 4.78 is 26.8. The minimum atomic E-state index is -1.05. The molecule has 1 amide bonds. The molecule has 0 aliphatic carbocycles. The fraction of sp³-hybridized carbons (Fsp3) is 0.226. The molecule has 1 atom stereocenters. The highest BCUT2D eigenvalue weighted by molar-refractivity contribution is 5.89. The SMILES string of the molecule is COC(=O)c1ccc(Oc2coc3cc(OC(=O)C(Cc4ccccc4)NC(=O)OC(C)(C)C)ccc3c2=O)cc1.